The predicted octanol–water partition coefficient (Wildman–Crippen LogP) is 3.83. The zero-order valence-electron chi connectivity index (χ0n) is 9.04. The first kappa shape index (κ1) is 11.6. The number of unbranched alkanes of at least 4 members (excludes halogenated alkanes) is 6. The lowest BCUT2D eigenvalue weighted by molar-refractivity contribution is 0.587. The maximum absolute atomic E-state index is 4.03. The lowest BCUT2D eigenvalue weighted by Crippen LogP contribution is -1.86. The summed E-state index contributed by atoms with van der Waals surface area (Å²) in [6.07, 6.45) is 10.7. The molecule has 0 spiro atoms. The van der Waals surface area contributed by atoms with E-state index in [0.29, 0.717) is 0 Å². The van der Waals surface area contributed by atoms with Crippen molar-refractivity contribution in [1.29, 1.82) is 0 Å². The summed E-state index contributed by atoms with van der Waals surface area (Å²) in [5.74, 6) is 0. The van der Waals surface area contributed by atoms with E-state index in [9.17, 15) is 0 Å². The van der Waals surface area contributed by atoms with Crippen LogP contribution in [0.15, 0.2) is 5.38 Å². The Morgan fingerprint density at radius 3 is 2.43 bits per heavy atom. The topological polar surface area (TPSA) is 25.8 Å². The molecule has 0 amide bonds. The Bertz CT molecular complexity index is 209. The van der Waals surface area contributed by atoms with E-state index in [1.807, 2.05) is 0 Å². The van der Waals surface area contributed by atoms with Crippen LogP contribution in [0, 0.1) is 0 Å². The van der Waals surface area contributed by atoms with Crippen molar-refractivity contribution in [2.45, 2.75) is 58.3 Å². The summed E-state index contributed by atoms with van der Waals surface area (Å²) in [4.78, 5) is 0. The first-order chi connectivity index (χ1) is 6.93. The first-order valence-electron chi connectivity index (χ1n) is 5.69. The summed E-state index contributed by atoms with van der Waals surface area (Å²) in [6, 6.07) is 0. The van der Waals surface area contributed by atoms with Crippen molar-refractivity contribution < 1.29 is 0 Å². The Morgan fingerprint density at radius 1 is 1.07 bits per heavy atom. The van der Waals surface area contributed by atoms with Crippen LogP contribution in [0.1, 0.15) is 57.6 Å². The summed E-state index contributed by atoms with van der Waals surface area (Å²) in [5.41, 5.74) is 1.17. The molecule has 0 N–H and O–H groups in total. The summed E-state index contributed by atoms with van der Waals surface area (Å²) in [6.45, 7) is 2.26. The smallest absolute Gasteiger partial charge is 0.0755 e. The maximum Gasteiger partial charge on any atom is 0.0755 e. The quantitative estimate of drug-likeness (QED) is 0.612. The van der Waals surface area contributed by atoms with Crippen LogP contribution >= 0.6 is 11.5 Å². The second kappa shape index (κ2) is 7.92. The highest BCUT2D eigenvalue weighted by molar-refractivity contribution is 7.03. The standard InChI is InChI=1S/C11H20N2S/c1-2-3-4-5-6-7-8-9-11-10-14-13-12-11/h10H,2-9H2,1H3. The molecular formula is C11H20N2S. The Hall–Kier alpha value is -0.440. The first-order valence-corrected chi connectivity index (χ1v) is 6.53. The van der Waals surface area contributed by atoms with E-state index in [1.165, 1.54) is 62.2 Å². The fourth-order valence-corrected chi connectivity index (χ4v) is 2.04. The van der Waals surface area contributed by atoms with Gasteiger partial charge in [0.15, 0.2) is 0 Å². The zero-order chi connectivity index (χ0) is 10.1. The predicted molar refractivity (Wildman–Crippen MR) is 61.6 cm³/mol. The summed E-state index contributed by atoms with van der Waals surface area (Å²) in [5, 5.41) is 6.08. The Labute approximate surface area is 90.9 Å². The molecule has 0 fully saturated rings. The monoisotopic (exact) mass is 212 g/mol. The molecule has 2 nitrogen and oxygen atoms in total. The lowest BCUT2D eigenvalue weighted by atomic mass is 10.1. The van der Waals surface area contributed by atoms with Gasteiger partial charge in [-0.25, -0.2) is 0 Å². The van der Waals surface area contributed by atoms with E-state index >= 15 is 0 Å². The molecule has 1 aromatic heterocycles. The van der Waals surface area contributed by atoms with Crippen LogP contribution in [0.25, 0.3) is 0 Å². The largest absolute Gasteiger partial charge is 0.143 e. The van der Waals surface area contributed by atoms with Crippen LogP contribution in [0.5, 0.6) is 0 Å². The second-order valence-corrected chi connectivity index (χ2v) is 4.38. The summed E-state index contributed by atoms with van der Waals surface area (Å²) in [7, 11) is 0. The van der Waals surface area contributed by atoms with Gasteiger partial charge in [0.25, 0.3) is 0 Å². The van der Waals surface area contributed by atoms with E-state index in [2.05, 4.69) is 21.9 Å². The molecule has 0 saturated heterocycles. The molecule has 1 heterocycles. The third kappa shape index (κ3) is 5.32. The van der Waals surface area contributed by atoms with Crippen molar-refractivity contribution >= 4 is 11.5 Å². The molecule has 0 radical (unpaired) electrons. The van der Waals surface area contributed by atoms with Gasteiger partial charge in [-0.1, -0.05) is 49.9 Å². The number of rotatable bonds is 8. The molecule has 1 aromatic rings. The molecule has 0 aliphatic heterocycles. The van der Waals surface area contributed by atoms with Crippen LogP contribution in [0.4, 0.5) is 0 Å². The molecule has 0 atom stereocenters. The van der Waals surface area contributed by atoms with Gasteiger partial charge < -0.3 is 0 Å². The van der Waals surface area contributed by atoms with Crippen LogP contribution < -0.4 is 0 Å². The van der Waals surface area contributed by atoms with E-state index in [1.54, 1.807) is 0 Å². The average molecular weight is 212 g/mol. The Kier molecular flexibility index (Phi) is 6.58. The molecular weight excluding hydrogens is 192 g/mol. The Morgan fingerprint density at radius 2 is 1.79 bits per heavy atom. The summed E-state index contributed by atoms with van der Waals surface area (Å²) < 4.78 is 3.85. The van der Waals surface area contributed by atoms with Crippen molar-refractivity contribution in [1.82, 2.24) is 9.59 Å². The summed E-state index contributed by atoms with van der Waals surface area (Å²) >= 11 is 1.45. The van der Waals surface area contributed by atoms with E-state index in [0.717, 1.165) is 6.42 Å². The molecule has 0 aliphatic rings. The third-order valence-corrected chi connectivity index (χ3v) is 3.00. The van der Waals surface area contributed by atoms with Crippen LogP contribution in [-0.2, 0) is 6.42 Å². The molecule has 80 valence electrons. The molecule has 14 heavy (non-hydrogen) atoms. The van der Waals surface area contributed by atoms with Crippen molar-refractivity contribution in [2.75, 3.05) is 0 Å². The number of nitrogens with zero attached hydrogens (tertiary/aromatic N) is 2. The molecule has 3 heteroatoms. The SMILES string of the molecule is CCCCCCCCCc1csnn1. The fraction of sp³-hybridized carbons (Fsp3) is 0.818. The van der Waals surface area contributed by atoms with Gasteiger partial charge in [-0.2, -0.15) is 0 Å². The van der Waals surface area contributed by atoms with Gasteiger partial charge in [0.05, 0.1) is 5.69 Å². The van der Waals surface area contributed by atoms with Gasteiger partial charge in [-0.05, 0) is 24.4 Å². The molecule has 0 saturated carbocycles. The van der Waals surface area contributed by atoms with Gasteiger partial charge in [-0.15, -0.1) is 5.10 Å². The lowest BCUT2D eigenvalue weighted by Gasteiger charge is -1.99. The van der Waals surface area contributed by atoms with Crippen LogP contribution in [0.2, 0.25) is 0 Å². The number of hydrogen-bond acceptors (Lipinski definition) is 3. The van der Waals surface area contributed by atoms with E-state index < -0.39 is 0 Å². The van der Waals surface area contributed by atoms with Gasteiger partial charge in [0.1, 0.15) is 0 Å². The minimum atomic E-state index is 1.12. The number of aromatic nitrogens is 2. The van der Waals surface area contributed by atoms with Gasteiger partial charge in [0, 0.05) is 5.38 Å². The van der Waals surface area contributed by atoms with Crippen molar-refractivity contribution in [3.63, 3.8) is 0 Å². The van der Waals surface area contributed by atoms with Crippen molar-refractivity contribution in [2.24, 2.45) is 0 Å². The fourth-order valence-electron chi connectivity index (χ4n) is 1.56. The molecule has 0 bridgehead atoms. The third-order valence-electron chi connectivity index (χ3n) is 2.44. The van der Waals surface area contributed by atoms with Gasteiger partial charge in [0.2, 0.25) is 0 Å². The van der Waals surface area contributed by atoms with Crippen molar-refractivity contribution in [3.05, 3.63) is 11.1 Å². The highest BCUT2D eigenvalue weighted by atomic mass is 32.1. The van der Waals surface area contributed by atoms with E-state index in [-0.39, 0.29) is 0 Å². The normalized spacial score (nSPS) is 10.6. The van der Waals surface area contributed by atoms with Crippen LogP contribution in [0.3, 0.4) is 0 Å². The molecule has 1 rings (SSSR count). The average Bonchev–Trinajstić information content (AvgIpc) is 2.69. The highest BCUT2D eigenvalue weighted by Gasteiger charge is 1.96. The molecule has 0 aromatic carbocycles. The Balaban J connectivity index is 1.85. The number of aryl methyl sites for hydroxylation is 1. The van der Waals surface area contributed by atoms with Gasteiger partial charge >= 0.3 is 0 Å². The molecule has 0 unspecified atom stereocenters. The zero-order valence-corrected chi connectivity index (χ0v) is 9.85. The molecule has 0 aliphatic carbocycles. The van der Waals surface area contributed by atoms with Crippen molar-refractivity contribution in [3.8, 4) is 0 Å². The van der Waals surface area contributed by atoms with E-state index in [4.69, 9.17) is 0 Å². The minimum Gasteiger partial charge on any atom is -0.143 e. The van der Waals surface area contributed by atoms with Crippen LogP contribution in [-0.4, -0.2) is 9.59 Å². The number of hydrogen-bond donors (Lipinski definition) is 0. The highest BCUT2D eigenvalue weighted by Crippen LogP contribution is 2.09. The second-order valence-electron chi connectivity index (χ2n) is 3.77. The van der Waals surface area contributed by atoms with Gasteiger partial charge in [-0.3, -0.25) is 0 Å². The maximum atomic E-state index is 4.03. The minimum absolute atomic E-state index is 1.12.